The van der Waals surface area contributed by atoms with Crippen LogP contribution in [-0.2, 0) is 14.3 Å². The van der Waals surface area contributed by atoms with Gasteiger partial charge in [0.2, 0.25) is 5.91 Å². The first-order valence-corrected chi connectivity index (χ1v) is 17.0. The number of alkyl halides is 3. The third-order valence-electron chi connectivity index (χ3n) is 12.1. The lowest BCUT2D eigenvalue weighted by Crippen LogP contribution is -2.62. The van der Waals surface area contributed by atoms with Crippen LogP contribution in [0, 0.1) is 35.5 Å². The first-order valence-electron chi connectivity index (χ1n) is 17.0. The fourth-order valence-electron chi connectivity index (χ4n) is 9.86. The number of halogens is 3. The Balaban J connectivity index is 1.28. The number of piperidine rings is 1. The molecule has 3 saturated heterocycles. The van der Waals surface area contributed by atoms with Gasteiger partial charge in [-0.2, -0.15) is 13.2 Å². The third-order valence-corrected chi connectivity index (χ3v) is 12.1. The Labute approximate surface area is 259 Å². The van der Waals surface area contributed by atoms with Crippen molar-refractivity contribution in [2.75, 3.05) is 33.3 Å². The highest BCUT2D eigenvalue weighted by Crippen LogP contribution is 2.49. The SMILES string of the molecule is C=CC(=O)N1CCOC2NN(C3CCC(C4CC4)CC3)C3CCN(C(=C=O)C4CCC(C(F)(F)F)C(NC)C4CC)C(C1)C23. The van der Waals surface area contributed by atoms with Crippen LogP contribution in [0.5, 0.6) is 0 Å². The van der Waals surface area contributed by atoms with Crippen molar-refractivity contribution in [3.8, 4) is 0 Å². The Morgan fingerprint density at radius 3 is 2.34 bits per heavy atom. The zero-order chi connectivity index (χ0) is 31.2. The first kappa shape index (κ1) is 32.0. The number of carbonyl (C=O) groups excluding carboxylic acids is 2. The van der Waals surface area contributed by atoms with Gasteiger partial charge in [0.15, 0.2) is 0 Å². The lowest BCUT2D eigenvalue weighted by molar-refractivity contribution is -0.197. The Morgan fingerprint density at radius 1 is 1.05 bits per heavy atom. The number of hydrogen-bond acceptors (Lipinski definition) is 7. The summed E-state index contributed by atoms with van der Waals surface area (Å²) in [4.78, 5) is 29.7. The van der Waals surface area contributed by atoms with Crippen molar-refractivity contribution >= 4 is 11.8 Å². The summed E-state index contributed by atoms with van der Waals surface area (Å²) in [7, 11) is 1.59. The largest absolute Gasteiger partial charge is 0.393 e. The van der Waals surface area contributed by atoms with Gasteiger partial charge in [-0.15, -0.1) is 0 Å². The van der Waals surface area contributed by atoms with E-state index in [0.29, 0.717) is 44.4 Å². The van der Waals surface area contributed by atoms with E-state index in [1.54, 1.807) is 11.9 Å². The van der Waals surface area contributed by atoms with Crippen molar-refractivity contribution in [2.24, 2.45) is 35.5 Å². The van der Waals surface area contributed by atoms with Crippen LogP contribution < -0.4 is 10.7 Å². The molecule has 8 nitrogen and oxygen atoms in total. The number of allylic oxidation sites excluding steroid dienone is 1. The topological polar surface area (TPSA) is 77.2 Å². The maximum absolute atomic E-state index is 14.1. The monoisotopic (exact) mass is 621 g/mol. The number of likely N-dealkylation sites (tertiary alicyclic amines) is 1. The Kier molecular flexibility index (Phi) is 9.52. The fourth-order valence-corrected chi connectivity index (χ4v) is 9.86. The molecule has 6 fully saturated rings. The van der Waals surface area contributed by atoms with Gasteiger partial charge in [0, 0.05) is 49.6 Å². The van der Waals surface area contributed by atoms with Gasteiger partial charge < -0.3 is 19.9 Å². The van der Waals surface area contributed by atoms with Crippen LogP contribution >= 0.6 is 0 Å². The molecule has 3 heterocycles. The number of ether oxygens (including phenoxy) is 1. The predicted octanol–water partition coefficient (Wildman–Crippen LogP) is 4.12. The smallest absolute Gasteiger partial charge is 0.360 e. The molecule has 6 aliphatic rings. The van der Waals surface area contributed by atoms with Gasteiger partial charge in [-0.25, -0.2) is 15.2 Å². The second kappa shape index (κ2) is 13.1. The van der Waals surface area contributed by atoms with Crippen molar-refractivity contribution < 1.29 is 27.5 Å². The molecule has 8 unspecified atom stereocenters. The van der Waals surface area contributed by atoms with Crippen LogP contribution in [0.2, 0.25) is 0 Å². The van der Waals surface area contributed by atoms with Crippen LogP contribution in [0.3, 0.4) is 0 Å². The standard InChI is InChI=1S/C33H50F3N5O3/c1-4-23-24(12-13-25(31(23)37-3)33(34,35)36)28(19-42)40-15-14-26-30-27(40)18-39(29(43)5-2)16-17-44-32(30)38-41(26)22-10-8-21(9-11-22)20-6-7-20/h5,20-27,30-32,37-38H,2,4,6-18H2,1,3H3. The third kappa shape index (κ3) is 5.99. The first-order chi connectivity index (χ1) is 21.2. The molecule has 1 amide bonds. The highest BCUT2D eigenvalue weighted by Gasteiger charge is 2.56. The van der Waals surface area contributed by atoms with E-state index in [2.05, 4.69) is 33.2 Å². The van der Waals surface area contributed by atoms with E-state index in [1.165, 1.54) is 31.8 Å². The maximum Gasteiger partial charge on any atom is 0.393 e. The summed E-state index contributed by atoms with van der Waals surface area (Å²) >= 11 is 0. The van der Waals surface area contributed by atoms with E-state index in [4.69, 9.17) is 4.74 Å². The number of rotatable bonds is 7. The normalized spacial score (nSPS) is 40.0. The van der Waals surface area contributed by atoms with Crippen LogP contribution in [0.1, 0.15) is 71.1 Å². The summed E-state index contributed by atoms with van der Waals surface area (Å²) in [5, 5.41) is 5.43. The highest BCUT2D eigenvalue weighted by atomic mass is 19.4. The van der Waals surface area contributed by atoms with Gasteiger partial charge in [-0.1, -0.05) is 19.9 Å². The van der Waals surface area contributed by atoms with Gasteiger partial charge in [-0.3, -0.25) is 4.79 Å². The van der Waals surface area contributed by atoms with Crippen molar-refractivity contribution in [3.63, 3.8) is 0 Å². The molecule has 44 heavy (non-hydrogen) atoms. The molecule has 3 aliphatic heterocycles. The molecule has 0 radical (unpaired) electrons. The molecular weight excluding hydrogens is 571 g/mol. The highest BCUT2D eigenvalue weighted by molar-refractivity contribution is 5.87. The molecule has 246 valence electrons. The van der Waals surface area contributed by atoms with Crippen molar-refractivity contribution in [2.45, 2.75) is 108 Å². The van der Waals surface area contributed by atoms with Crippen molar-refractivity contribution in [1.29, 1.82) is 0 Å². The van der Waals surface area contributed by atoms with Crippen LogP contribution in [-0.4, -0.2) is 96.5 Å². The second-order valence-corrected chi connectivity index (χ2v) is 14.1. The molecule has 0 spiro atoms. The number of hydrazine groups is 1. The van der Waals surface area contributed by atoms with Crippen molar-refractivity contribution in [3.05, 3.63) is 18.4 Å². The summed E-state index contributed by atoms with van der Waals surface area (Å²) < 4.78 is 48.6. The molecule has 8 atom stereocenters. The van der Waals surface area contributed by atoms with E-state index in [0.717, 1.165) is 31.1 Å². The Morgan fingerprint density at radius 2 is 1.75 bits per heavy atom. The zero-order valence-corrected chi connectivity index (χ0v) is 26.2. The Hall–Kier alpha value is -1.91. The number of nitrogens with one attached hydrogen (secondary N) is 2. The summed E-state index contributed by atoms with van der Waals surface area (Å²) in [6.45, 7) is 7.43. The molecule has 0 aromatic rings. The molecular formula is C33H50F3N5O3. The minimum atomic E-state index is -4.30. The second-order valence-electron chi connectivity index (χ2n) is 14.1. The van der Waals surface area contributed by atoms with Gasteiger partial charge >= 0.3 is 6.18 Å². The molecule has 0 aromatic heterocycles. The molecule has 3 aliphatic carbocycles. The number of carbonyl (C=O) groups is 1. The molecule has 11 heteroatoms. The van der Waals surface area contributed by atoms with E-state index in [-0.39, 0.29) is 54.8 Å². The van der Waals surface area contributed by atoms with Crippen molar-refractivity contribution in [1.82, 2.24) is 25.6 Å². The summed E-state index contributed by atoms with van der Waals surface area (Å²) in [5.41, 5.74) is 4.22. The van der Waals surface area contributed by atoms with Gasteiger partial charge in [0.1, 0.15) is 17.9 Å². The van der Waals surface area contributed by atoms with Crippen LogP contribution in [0.15, 0.2) is 18.4 Å². The molecule has 2 N–H and O–H groups in total. The van der Waals surface area contributed by atoms with Gasteiger partial charge in [0.05, 0.1) is 18.6 Å². The summed E-state index contributed by atoms with van der Waals surface area (Å²) in [5.74, 6) is 1.69. The summed E-state index contributed by atoms with van der Waals surface area (Å²) in [6, 6.07) is -0.403. The minimum absolute atomic E-state index is 0.0136. The fraction of sp³-hybridized carbons (Fsp3) is 0.848. The number of hydrogen-bond donors (Lipinski definition) is 2. The van der Waals surface area contributed by atoms with Crippen LogP contribution in [0.4, 0.5) is 13.2 Å². The number of amides is 1. The van der Waals surface area contributed by atoms with Gasteiger partial charge in [0.25, 0.3) is 0 Å². The van der Waals surface area contributed by atoms with Gasteiger partial charge in [-0.05, 0) is 88.7 Å². The average Bonchev–Trinajstić information content (AvgIpc) is 3.80. The molecule has 6 rings (SSSR count). The minimum Gasteiger partial charge on any atom is -0.360 e. The lowest BCUT2D eigenvalue weighted by Gasteiger charge is -2.52. The number of nitrogens with zero attached hydrogens (tertiary/aromatic N) is 3. The zero-order valence-electron chi connectivity index (χ0n) is 26.2. The average molecular weight is 622 g/mol. The quantitative estimate of drug-likeness (QED) is 0.327. The molecule has 0 bridgehead atoms. The maximum atomic E-state index is 14.1. The predicted molar refractivity (Wildman–Crippen MR) is 160 cm³/mol. The van der Waals surface area contributed by atoms with Crippen LogP contribution in [0.25, 0.3) is 0 Å². The van der Waals surface area contributed by atoms with E-state index in [1.807, 2.05) is 6.92 Å². The Bertz CT molecular complexity index is 1100. The lowest BCUT2D eigenvalue weighted by atomic mass is 9.67. The molecule has 3 saturated carbocycles. The molecule has 0 aromatic carbocycles. The van der Waals surface area contributed by atoms with E-state index < -0.39 is 18.1 Å². The van der Waals surface area contributed by atoms with E-state index >= 15 is 0 Å². The van der Waals surface area contributed by atoms with E-state index in [9.17, 15) is 22.8 Å². The summed E-state index contributed by atoms with van der Waals surface area (Å²) in [6.07, 6.45) is 5.95.